The summed E-state index contributed by atoms with van der Waals surface area (Å²) in [6, 6.07) is 11.5. The fourth-order valence-electron chi connectivity index (χ4n) is 2.46. The van der Waals surface area contributed by atoms with Crippen molar-refractivity contribution in [2.24, 2.45) is 0 Å². The van der Waals surface area contributed by atoms with Crippen LogP contribution >= 0.6 is 22.6 Å². The van der Waals surface area contributed by atoms with Crippen LogP contribution in [-0.4, -0.2) is 23.7 Å². The van der Waals surface area contributed by atoms with E-state index in [1.165, 1.54) is 0 Å². The zero-order chi connectivity index (χ0) is 18.0. The third kappa shape index (κ3) is 3.46. The quantitative estimate of drug-likeness (QED) is 0.425. The number of rotatable bonds is 4. The van der Waals surface area contributed by atoms with Gasteiger partial charge in [-0.1, -0.05) is 18.2 Å². The molecule has 0 unspecified atom stereocenters. The molecule has 3 rings (SSSR count). The van der Waals surface area contributed by atoms with E-state index < -0.39 is 11.9 Å². The monoisotopic (exact) mass is 450 g/mol. The summed E-state index contributed by atoms with van der Waals surface area (Å²) in [5.41, 5.74) is 1.31. The van der Waals surface area contributed by atoms with Crippen LogP contribution in [0.15, 0.2) is 48.2 Å². The lowest BCUT2D eigenvalue weighted by molar-refractivity contribution is -0.113. The minimum Gasteiger partial charge on any atom is -0.504 e. The molecule has 0 spiro atoms. The second-order valence-corrected chi connectivity index (χ2v) is 6.41. The largest absolute Gasteiger partial charge is 0.504 e. The van der Waals surface area contributed by atoms with Crippen molar-refractivity contribution in [3.05, 3.63) is 57.3 Å². The number of hydrogen-bond acceptors (Lipinski definition) is 4. The minimum absolute atomic E-state index is 0.0531. The molecule has 0 atom stereocenters. The van der Waals surface area contributed by atoms with Crippen LogP contribution in [0.3, 0.4) is 0 Å². The van der Waals surface area contributed by atoms with E-state index >= 15 is 0 Å². The van der Waals surface area contributed by atoms with Crippen molar-refractivity contribution in [1.82, 2.24) is 5.32 Å². The molecule has 0 aromatic heterocycles. The molecule has 1 fully saturated rings. The fourth-order valence-corrected chi connectivity index (χ4v) is 3.08. The molecule has 1 saturated heterocycles. The standard InChI is InChI=1S/C18H15IN2O4/c1-2-25-15-10-11(8-13(19)16(15)22)9-14-17(23)21(18(24)20-14)12-6-4-3-5-7-12/h3-10,22H,2H2,1H3,(H,20,24)/b14-9+. The first kappa shape index (κ1) is 17.3. The highest BCUT2D eigenvalue weighted by molar-refractivity contribution is 14.1. The van der Waals surface area contributed by atoms with Crippen molar-refractivity contribution in [1.29, 1.82) is 0 Å². The number of benzene rings is 2. The van der Waals surface area contributed by atoms with Crippen LogP contribution in [0.5, 0.6) is 11.5 Å². The van der Waals surface area contributed by atoms with Crippen LogP contribution in [0.4, 0.5) is 10.5 Å². The van der Waals surface area contributed by atoms with Gasteiger partial charge in [0, 0.05) is 0 Å². The van der Waals surface area contributed by atoms with Gasteiger partial charge >= 0.3 is 6.03 Å². The van der Waals surface area contributed by atoms with E-state index in [-0.39, 0.29) is 11.4 Å². The van der Waals surface area contributed by atoms with Gasteiger partial charge in [0.15, 0.2) is 11.5 Å². The summed E-state index contributed by atoms with van der Waals surface area (Å²) in [5.74, 6) is -0.0486. The number of anilines is 1. The van der Waals surface area contributed by atoms with Crippen LogP contribution in [0, 0.1) is 3.57 Å². The SMILES string of the molecule is CCOc1cc(/C=C2/NC(=O)N(c3ccccc3)C2=O)cc(I)c1O. The molecule has 0 radical (unpaired) electrons. The number of aromatic hydroxyl groups is 1. The Morgan fingerprint density at radius 3 is 2.64 bits per heavy atom. The highest BCUT2D eigenvalue weighted by Crippen LogP contribution is 2.33. The van der Waals surface area contributed by atoms with Gasteiger partial charge in [-0.3, -0.25) is 4.79 Å². The van der Waals surface area contributed by atoms with E-state index in [1.54, 1.807) is 42.5 Å². The first-order chi connectivity index (χ1) is 12.0. The molecular formula is C18H15IN2O4. The van der Waals surface area contributed by atoms with E-state index in [0.29, 0.717) is 27.2 Å². The summed E-state index contributed by atoms with van der Waals surface area (Å²) < 4.78 is 5.98. The number of para-hydroxylation sites is 1. The molecule has 6 nitrogen and oxygen atoms in total. The van der Waals surface area contributed by atoms with Gasteiger partial charge in [0.25, 0.3) is 5.91 Å². The van der Waals surface area contributed by atoms with Gasteiger partial charge in [-0.15, -0.1) is 0 Å². The van der Waals surface area contributed by atoms with Crippen molar-refractivity contribution in [2.75, 3.05) is 11.5 Å². The number of amides is 3. The smallest absolute Gasteiger partial charge is 0.333 e. The van der Waals surface area contributed by atoms with Gasteiger partial charge in [0.2, 0.25) is 0 Å². The fraction of sp³-hybridized carbons (Fsp3) is 0.111. The minimum atomic E-state index is -0.499. The summed E-state index contributed by atoms with van der Waals surface area (Å²) >= 11 is 1.98. The molecule has 3 amide bonds. The van der Waals surface area contributed by atoms with Gasteiger partial charge in [-0.2, -0.15) is 0 Å². The average Bonchev–Trinajstić information content (AvgIpc) is 2.87. The Labute approximate surface area is 158 Å². The van der Waals surface area contributed by atoms with Crippen LogP contribution in [0.1, 0.15) is 12.5 Å². The van der Waals surface area contributed by atoms with E-state index in [1.807, 2.05) is 35.6 Å². The van der Waals surface area contributed by atoms with Gasteiger partial charge in [-0.25, -0.2) is 9.69 Å². The molecule has 1 aliphatic rings. The number of imide groups is 1. The predicted octanol–water partition coefficient (Wildman–Crippen LogP) is 3.49. The summed E-state index contributed by atoms with van der Waals surface area (Å²) in [4.78, 5) is 25.8. The Bertz CT molecular complexity index is 865. The first-order valence-corrected chi connectivity index (χ1v) is 8.66. The van der Waals surface area contributed by atoms with E-state index in [9.17, 15) is 14.7 Å². The van der Waals surface area contributed by atoms with Gasteiger partial charge in [-0.05, 0) is 65.4 Å². The molecule has 25 heavy (non-hydrogen) atoms. The topological polar surface area (TPSA) is 78.9 Å². The maximum atomic E-state index is 12.6. The van der Waals surface area contributed by atoms with Crippen molar-refractivity contribution in [3.8, 4) is 11.5 Å². The zero-order valence-corrected chi connectivity index (χ0v) is 15.5. The van der Waals surface area contributed by atoms with Crippen molar-refractivity contribution >= 4 is 46.3 Å². The summed E-state index contributed by atoms with van der Waals surface area (Å²) in [6.07, 6.45) is 1.56. The van der Waals surface area contributed by atoms with Gasteiger partial charge in [0.1, 0.15) is 5.70 Å². The number of carbonyl (C=O) groups is 2. The van der Waals surface area contributed by atoms with E-state index in [0.717, 1.165) is 4.90 Å². The molecule has 0 saturated carbocycles. The molecule has 2 N–H and O–H groups in total. The highest BCUT2D eigenvalue weighted by atomic mass is 127. The molecule has 1 aliphatic heterocycles. The number of nitrogens with zero attached hydrogens (tertiary/aromatic N) is 1. The molecule has 2 aromatic carbocycles. The number of nitrogens with one attached hydrogen (secondary N) is 1. The van der Waals surface area contributed by atoms with Crippen molar-refractivity contribution in [2.45, 2.75) is 6.92 Å². The first-order valence-electron chi connectivity index (χ1n) is 7.58. The number of halogens is 1. The average molecular weight is 450 g/mol. The maximum Gasteiger partial charge on any atom is 0.333 e. The normalized spacial score (nSPS) is 15.6. The molecule has 128 valence electrons. The lowest BCUT2D eigenvalue weighted by Crippen LogP contribution is -2.30. The van der Waals surface area contributed by atoms with Crippen molar-refractivity contribution in [3.63, 3.8) is 0 Å². The molecule has 0 aliphatic carbocycles. The Balaban J connectivity index is 1.95. The van der Waals surface area contributed by atoms with E-state index in [4.69, 9.17) is 4.74 Å². The number of ether oxygens (including phenoxy) is 1. The lowest BCUT2D eigenvalue weighted by atomic mass is 10.1. The predicted molar refractivity (Wildman–Crippen MR) is 102 cm³/mol. The Morgan fingerprint density at radius 1 is 1.24 bits per heavy atom. The third-order valence-electron chi connectivity index (χ3n) is 3.55. The second-order valence-electron chi connectivity index (χ2n) is 5.25. The summed E-state index contributed by atoms with van der Waals surface area (Å²) in [6.45, 7) is 2.22. The van der Waals surface area contributed by atoms with Gasteiger partial charge < -0.3 is 15.2 Å². The van der Waals surface area contributed by atoms with Crippen LogP contribution in [0.25, 0.3) is 6.08 Å². The molecule has 1 heterocycles. The lowest BCUT2D eigenvalue weighted by Gasteiger charge is -2.11. The summed E-state index contributed by atoms with van der Waals surface area (Å²) in [7, 11) is 0. The molecule has 0 bridgehead atoms. The molecule has 2 aromatic rings. The number of carbonyl (C=O) groups excluding carboxylic acids is 2. The highest BCUT2D eigenvalue weighted by Gasteiger charge is 2.34. The molecule has 7 heteroatoms. The molecular weight excluding hydrogens is 435 g/mol. The maximum absolute atomic E-state index is 12.6. The van der Waals surface area contributed by atoms with Gasteiger partial charge in [0.05, 0.1) is 15.9 Å². The Kier molecular flexibility index (Phi) is 4.93. The Hall–Kier alpha value is -2.55. The van der Waals surface area contributed by atoms with Crippen LogP contribution in [0.2, 0.25) is 0 Å². The van der Waals surface area contributed by atoms with Crippen LogP contribution in [-0.2, 0) is 4.79 Å². The number of hydrogen-bond donors (Lipinski definition) is 2. The Morgan fingerprint density at radius 2 is 1.96 bits per heavy atom. The number of phenols is 1. The third-order valence-corrected chi connectivity index (χ3v) is 4.38. The zero-order valence-electron chi connectivity index (χ0n) is 13.3. The summed E-state index contributed by atoms with van der Waals surface area (Å²) in [5, 5.41) is 12.6. The second kappa shape index (κ2) is 7.14. The number of phenolic OH excluding ortho intramolecular Hbond substituents is 1. The van der Waals surface area contributed by atoms with Crippen molar-refractivity contribution < 1.29 is 19.4 Å². The van der Waals surface area contributed by atoms with E-state index in [2.05, 4.69) is 5.32 Å². The number of urea groups is 1. The van der Waals surface area contributed by atoms with Crippen LogP contribution < -0.4 is 15.0 Å².